The Morgan fingerprint density at radius 3 is 2.75 bits per heavy atom. The van der Waals surface area contributed by atoms with E-state index in [0.717, 1.165) is 27.6 Å². The molecule has 0 saturated carbocycles. The van der Waals surface area contributed by atoms with Crippen LogP contribution in [0.5, 0.6) is 0 Å². The molecule has 0 radical (unpaired) electrons. The summed E-state index contributed by atoms with van der Waals surface area (Å²) in [7, 11) is 0. The van der Waals surface area contributed by atoms with Crippen LogP contribution in [0.15, 0.2) is 24.3 Å². The average molecular weight is 311 g/mol. The first-order chi connectivity index (χ1) is 9.58. The molecule has 0 spiro atoms. The van der Waals surface area contributed by atoms with Gasteiger partial charge in [0, 0.05) is 16.3 Å². The summed E-state index contributed by atoms with van der Waals surface area (Å²) in [5.74, 6) is 0. The van der Waals surface area contributed by atoms with Gasteiger partial charge in [-0.25, -0.2) is 9.78 Å². The number of halogens is 1. The number of hydrogen-bond donors (Lipinski definition) is 1. The average Bonchev–Trinajstić information content (AvgIpc) is 2.72. The van der Waals surface area contributed by atoms with Gasteiger partial charge in [0.25, 0.3) is 0 Å². The maximum absolute atomic E-state index is 11.3. The van der Waals surface area contributed by atoms with Gasteiger partial charge in [-0.2, -0.15) is 0 Å². The Balaban J connectivity index is 2.07. The smallest absolute Gasteiger partial charge is 0.413 e. The molecule has 20 heavy (non-hydrogen) atoms. The Labute approximate surface area is 126 Å². The Morgan fingerprint density at radius 2 is 2.10 bits per heavy atom. The standard InChI is InChI=1S/C14H15ClN2O2S/c1-3-19-14(18)17-13-16-9(2)12(20-13)8-10-4-6-11(15)7-5-10/h4-7H,3,8H2,1-2H3,(H,16,17,18). The van der Waals surface area contributed by atoms with Gasteiger partial charge in [0.05, 0.1) is 12.3 Å². The van der Waals surface area contributed by atoms with Crippen molar-refractivity contribution in [3.05, 3.63) is 45.4 Å². The largest absolute Gasteiger partial charge is 0.450 e. The molecule has 0 fully saturated rings. The summed E-state index contributed by atoms with van der Waals surface area (Å²) in [5.41, 5.74) is 2.07. The van der Waals surface area contributed by atoms with E-state index >= 15 is 0 Å². The molecule has 4 nitrogen and oxygen atoms in total. The molecule has 2 aromatic rings. The van der Waals surface area contributed by atoms with Crippen molar-refractivity contribution in [1.82, 2.24) is 4.98 Å². The molecule has 106 valence electrons. The maximum Gasteiger partial charge on any atom is 0.413 e. The number of nitrogens with zero attached hydrogens (tertiary/aromatic N) is 1. The second kappa shape index (κ2) is 6.72. The number of rotatable bonds is 4. The van der Waals surface area contributed by atoms with E-state index in [-0.39, 0.29) is 0 Å². The van der Waals surface area contributed by atoms with Crippen LogP contribution >= 0.6 is 22.9 Å². The van der Waals surface area contributed by atoms with Gasteiger partial charge in [0.2, 0.25) is 0 Å². The fourth-order valence-electron chi connectivity index (χ4n) is 1.69. The predicted octanol–water partition coefficient (Wildman–Crippen LogP) is 4.26. The Morgan fingerprint density at radius 1 is 1.40 bits per heavy atom. The number of amides is 1. The summed E-state index contributed by atoms with van der Waals surface area (Å²) in [4.78, 5) is 16.8. The molecule has 1 heterocycles. The van der Waals surface area contributed by atoms with Crippen molar-refractivity contribution >= 4 is 34.2 Å². The zero-order chi connectivity index (χ0) is 14.5. The van der Waals surface area contributed by atoms with Gasteiger partial charge in [-0.1, -0.05) is 23.7 Å². The van der Waals surface area contributed by atoms with E-state index in [0.29, 0.717) is 11.7 Å². The van der Waals surface area contributed by atoms with Crippen LogP contribution in [-0.4, -0.2) is 17.7 Å². The van der Waals surface area contributed by atoms with Gasteiger partial charge in [-0.3, -0.25) is 5.32 Å². The van der Waals surface area contributed by atoms with Gasteiger partial charge in [-0.05, 0) is 31.5 Å². The van der Waals surface area contributed by atoms with E-state index in [1.54, 1.807) is 6.92 Å². The third kappa shape index (κ3) is 3.95. The highest BCUT2D eigenvalue weighted by Gasteiger charge is 2.11. The lowest BCUT2D eigenvalue weighted by molar-refractivity contribution is 0.168. The number of nitrogens with one attached hydrogen (secondary N) is 1. The van der Waals surface area contributed by atoms with Crippen molar-refractivity contribution in [2.24, 2.45) is 0 Å². The van der Waals surface area contributed by atoms with E-state index in [1.165, 1.54) is 11.3 Å². The quantitative estimate of drug-likeness (QED) is 0.917. The van der Waals surface area contributed by atoms with Gasteiger partial charge in [-0.15, -0.1) is 11.3 Å². The zero-order valence-electron chi connectivity index (χ0n) is 11.3. The fourth-order valence-corrected chi connectivity index (χ4v) is 2.80. The van der Waals surface area contributed by atoms with Crippen LogP contribution in [0, 0.1) is 6.92 Å². The molecule has 0 bridgehead atoms. The maximum atomic E-state index is 11.3. The lowest BCUT2D eigenvalue weighted by Gasteiger charge is -2.00. The number of ether oxygens (including phenoxy) is 1. The van der Waals surface area contributed by atoms with E-state index in [4.69, 9.17) is 16.3 Å². The Bertz CT molecular complexity index is 596. The molecule has 0 atom stereocenters. The number of thiazole rings is 1. The van der Waals surface area contributed by atoms with Crippen LogP contribution in [-0.2, 0) is 11.2 Å². The van der Waals surface area contributed by atoms with E-state index < -0.39 is 6.09 Å². The van der Waals surface area contributed by atoms with Crippen LogP contribution in [0.3, 0.4) is 0 Å². The number of benzene rings is 1. The number of aromatic nitrogens is 1. The summed E-state index contributed by atoms with van der Waals surface area (Å²) in [6.07, 6.45) is 0.296. The highest BCUT2D eigenvalue weighted by Crippen LogP contribution is 2.25. The molecule has 0 saturated heterocycles. The monoisotopic (exact) mass is 310 g/mol. The van der Waals surface area contributed by atoms with E-state index in [2.05, 4.69) is 10.3 Å². The number of hydrogen-bond acceptors (Lipinski definition) is 4. The minimum Gasteiger partial charge on any atom is -0.450 e. The molecule has 0 unspecified atom stereocenters. The summed E-state index contributed by atoms with van der Waals surface area (Å²) >= 11 is 7.32. The van der Waals surface area contributed by atoms with E-state index in [1.807, 2.05) is 31.2 Å². The fraction of sp³-hybridized carbons (Fsp3) is 0.286. The summed E-state index contributed by atoms with van der Waals surface area (Å²) in [5, 5.41) is 3.91. The molecule has 1 N–H and O–H groups in total. The van der Waals surface area contributed by atoms with Crippen molar-refractivity contribution in [3.63, 3.8) is 0 Å². The van der Waals surface area contributed by atoms with Crippen LogP contribution in [0.4, 0.5) is 9.93 Å². The van der Waals surface area contributed by atoms with Crippen molar-refractivity contribution in [3.8, 4) is 0 Å². The van der Waals surface area contributed by atoms with Crippen LogP contribution < -0.4 is 5.32 Å². The van der Waals surface area contributed by atoms with Crippen LogP contribution in [0.25, 0.3) is 0 Å². The highest BCUT2D eigenvalue weighted by molar-refractivity contribution is 7.15. The molecular formula is C14H15ClN2O2S. The second-order valence-electron chi connectivity index (χ2n) is 4.18. The number of carbonyl (C=O) groups excluding carboxylic acids is 1. The van der Waals surface area contributed by atoms with Crippen molar-refractivity contribution < 1.29 is 9.53 Å². The SMILES string of the molecule is CCOC(=O)Nc1nc(C)c(Cc2ccc(Cl)cc2)s1. The van der Waals surface area contributed by atoms with E-state index in [9.17, 15) is 4.79 Å². The number of aryl methyl sites for hydroxylation is 1. The van der Waals surface area contributed by atoms with Crippen molar-refractivity contribution in [2.45, 2.75) is 20.3 Å². The first kappa shape index (κ1) is 14.8. The van der Waals surface area contributed by atoms with Gasteiger partial charge >= 0.3 is 6.09 Å². The van der Waals surface area contributed by atoms with Gasteiger partial charge in [0.15, 0.2) is 5.13 Å². The number of carbonyl (C=O) groups is 1. The van der Waals surface area contributed by atoms with Crippen molar-refractivity contribution in [2.75, 3.05) is 11.9 Å². The van der Waals surface area contributed by atoms with Gasteiger partial charge < -0.3 is 4.74 Å². The molecule has 0 aliphatic heterocycles. The third-order valence-electron chi connectivity index (χ3n) is 2.66. The zero-order valence-corrected chi connectivity index (χ0v) is 12.8. The van der Waals surface area contributed by atoms with Crippen LogP contribution in [0.2, 0.25) is 5.02 Å². The molecule has 2 rings (SSSR count). The molecule has 0 aliphatic rings. The summed E-state index contributed by atoms with van der Waals surface area (Å²) in [6, 6.07) is 7.70. The summed E-state index contributed by atoms with van der Waals surface area (Å²) in [6.45, 7) is 4.03. The van der Waals surface area contributed by atoms with Gasteiger partial charge in [0.1, 0.15) is 0 Å². The minimum atomic E-state index is -0.473. The lowest BCUT2D eigenvalue weighted by Crippen LogP contribution is -2.12. The molecule has 0 aliphatic carbocycles. The molecule has 1 aromatic carbocycles. The lowest BCUT2D eigenvalue weighted by atomic mass is 10.1. The Hall–Kier alpha value is -1.59. The van der Waals surface area contributed by atoms with Crippen LogP contribution in [0.1, 0.15) is 23.1 Å². The highest BCUT2D eigenvalue weighted by atomic mass is 35.5. The summed E-state index contributed by atoms with van der Waals surface area (Å²) < 4.78 is 4.83. The van der Waals surface area contributed by atoms with Crippen molar-refractivity contribution in [1.29, 1.82) is 0 Å². The first-order valence-electron chi connectivity index (χ1n) is 6.23. The molecule has 1 amide bonds. The third-order valence-corrected chi connectivity index (χ3v) is 3.98. The molecular weight excluding hydrogens is 296 g/mol. The first-order valence-corrected chi connectivity index (χ1v) is 7.42. The normalized spacial score (nSPS) is 10.3. The molecule has 6 heteroatoms. The minimum absolute atomic E-state index is 0.341. The topological polar surface area (TPSA) is 51.2 Å². The number of anilines is 1. The Kier molecular flexibility index (Phi) is 4.98. The second-order valence-corrected chi connectivity index (χ2v) is 5.70. The predicted molar refractivity (Wildman–Crippen MR) is 81.8 cm³/mol. The molecule has 1 aromatic heterocycles.